The molecule has 0 aromatic rings. The van der Waals surface area contributed by atoms with Gasteiger partial charge in [-0.2, -0.15) is 0 Å². The Morgan fingerprint density at radius 3 is 1.33 bits per heavy atom. The van der Waals surface area contributed by atoms with Gasteiger partial charge in [-0.1, -0.05) is 149 Å². The highest BCUT2D eigenvalue weighted by Gasteiger charge is 2.02. The summed E-state index contributed by atoms with van der Waals surface area (Å²) < 4.78 is 5.38. The van der Waals surface area contributed by atoms with E-state index in [1.165, 1.54) is 128 Å². The molecular weight excluding hydrogens is 368 g/mol. The number of hydrogen-bond donors (Lipinski definition) is 0. The Labute approximate surface area is 190 Å². The summed E-state index contributed by atoms with van der Waals surface area (Å²) in [5, 5.41) is 0. The predicted octanol–water partition coefficient (Wildman–Crippen LogP) is 9.75. The second-order valence-electron chi connectivity index (χ2n) is 9.25. The highest BCUT2D eigenvalue weighted by atomic mass is 16.5. The van der Waals surface area contributed by atoms with E-state index in [9.17, 15) is 4.79 Å². The predicted molar refractivity (Wildman–Crippen MR) is 133 cm³/mol. The number of rotatable bonds is 25. The molecular formula is C28H55O2. The average Bonchev–Trinajstić information content (AvgIpc) is 2.75. The minimum absolute atomic E-state index is 0.0183. The summed E-state index contributed by atoms with van der Waals surface area (Å²) >= 11 is 0. The number of unbranched alkanes of at least 4 members (excludes halogenated alkanes) is 21. The molecule has 0 rings (SSSR count). The van der Waals surface area contributed by atoms with E-state index < -0.39 is 0 Å². The number of esters is 1. The van der Waals surface area contributed by atoms with E-state index >= 15 is 0 Å². The second kappa shape index (κ2) is 26.5. The number of ether oxygens (including phenoxy) is 1. The van der Waals surface area contributed by atoms with Gasteiger partial charge in [0, 0.05) is 6.42 Å². The normalized spacial score (nSPS) is 11.1. The fraction of sp³-hybridized carbons (Fsp3) is 0.929. The lowest BCUT2D eigenvalue weighted by Gasteiger charge is -2.06. The van der Waals surface area contributed by atoms with Crippen molar-refractivity contribution in [3.8, 4) is 0 Å². The van der Waals surface area contributed by atoms with Crippen molar-refractivity contribution in [3.05, 3.63) is 6.92 Å². The van der Waals surface area contributed by atoms with Gasteiger partial charge in [-0.25, -0.2) is 0 Å². The van der Waals surface area contributed by atoms with E-state index in [1.807, 2.05) is 0 Å². The molecule has 0 unspecified atom stereocenters. The minimum Gasteiger partial charge on any atom is -0.466 e. The van der Waals surface area contributed by atoms with E-state index in [-0.39, 0.29) is 5.97 Å². The Morgan fingerprint density at radius 2 is 0.900 bits per heavy atom. The van der Waals surface area contributed by atoms with E-state index in [2.05, 4.69) is 13.8 Å². The van der Waals surface area contributed by atoms with E-state index in [4.69, 9.17) is 4.74 Å². The fourth-order valence-electron chi connectivity index (χ4n) is 4.06. The SMILES string of the molecule is [CH2]CCCCCCCCCCCCCOC(=O)CCCCCCCCCCCCC. The van der Waals surface area contributed by atoms with Crippen LogP contribution in [-0.2, 0) is 9.53 Å². The quantitative estimate of drug-likeness (QED) is 0.108. The molecule has 0 spiro atoms. The molecule has 0 atom stereocenters. The first kappa shape index (κ1) is 29.5. The van der Waals surface area contributed by atoms with Gasteiger partial charge in [0.05, 0.1) is 6.61 Å². The minimum atomic E-state index is 0.0183. The van der Waals surface area contributed by atoms with Gasteiger partial charge in [0.25, 0.3) is 0 Å². The van der Waals surface area contributed by atoms with E-state index in [1.54, 1.807) is 0 Å². The second-order valence-corrected chi connectivity index (χ2v) is 9.25. The Hall–Kier alpha value is -0.530. The molecule has 0 fully saturated rings. The third-order valence-electron chi connectivity index (χ3n) is 6.14. The lowest BCUT2D eigenvalue weighted by molar-refractivity contribution is -0.143. The first-order valence-corrected chi connectivity index (χ1v) is 13.8. The van der Waals surface area contributed by atoms with E-state index in [0.29, 0.717) is 13.0 Å². The summed E-state index contributed by atoms with van der Waals surface area (Å²) in [6.07, 6.45) is 30.7. The summed E-state index contributed by atoms with van der Waals surface area (Å²) in [5.74, 6) is 0.0183. The lowest BCUT2D eigenvalue weighted by atomic mass is 10.1. The molecule has 0 saturated heterocycles. The molecule has 0 bridgehead atoms. The molecule has 0 aromatic carbocycles. The molecule has 0 aliphatic carbocycles. The monoisotopic (exact) mass is 423 g/mol. The highest BCUT2D eigenvalue weighted by Crippen LogP contribution is 2.13. The molecule has 0 saturated carbocycles. The Bertz CT molecular complexity index is 327. The van der Waals surface area contributed by atoms with Crippen molar-refractivity contribution in [2.75, 3.05) is 6.61 Å². The van der Waals surface area contributed by atoms with Gasteiger partial charge in [0.15, 0.2) is 0 Å². The third-order valence-corrected chi connectivity index (χ3v) is 6.14. The molecule has 0 aromatic heterocycles. The molecule has 0 amide bonds. The Balaban J connectivity index is 3.13. The van der Waals surface area contributed by atoms with Crippen LogP contribution in [0.5, 0.6) is 0 Å². The molecule has 0 N–H and O–H groups in total. The molecule has 1 radical (unpaired) electrons. The standard InChI is InChI=1S/C28H55O2/c1-3-5-7-9-11-13-15-17-19-21-23-25-27-30-28(29)26-24-22-20-18-16-14-12-10-8-6-4-2/h1,3-27H2,2H3. The Kier molecular flexibility index (Phi) is 26.0. The molecule has 0 aliphatic heterocycles. The molecule has 179 valence electrons. The average molecular weight is 424 g/mol. The van der Waals surface area contributed by atoms with Crippen molar-refractivity contribution in [2.45, 2.75) is 161 Å². The van der Waals surface area contributed by atoms with Crippen LogP contribution in [-0.4, -0.2) is 12.6 Å². The first-order chi connectivity index (χ1) is 14.8. The summed E-state index contributed by atoms with van der Waals surface area (Å²) in [7, 11) is 0. The summed E-state index contributed by atoms with van der Waals surface area (Å²) in [5.41, 5.74) is 0. The van der Waals surface area contributed by atoms with Crippen LogP contribution in [0.3, 0.4) is 0 Å². The summed E-state index contributed by atoms with van der Waals surface area (Å²) in [6.45, 7) is 6.79. The van der Waals surface area contributed by atoms with Crippen molar-refractivity contribution in [1.29, 1.82) is 0 Å². The van der Waals surface area contributed by atoms with Crippen molar-refractivity contribution < 1.29 is 9.53 Å². The number of carbonyl (C=O) groups is 1. The number of hydrogen-bond acceptors (Lipinski definition) is 2. The fourth-order valence-corrected chi connectivity index (χ4v) is 4.06. The van der Waals surface area contributed by atoms with Crippen LogP contribution in [0.15, 0.2) is 0 Å². The lowest BCUT2D eigenvalue weighted by Crippen LogP contribution is -2.05. The van der Waals surface area contributed by atoms with Crippen LogP contribution in [0.25, 0.3) is 0 Å². The van der Waals surface area contributed by atoms with Gasteiger partial charge >= 0.3 is 5.97 Å². The van der Waals surface area contributed by atoms with Crippen molar-refractivity contribution in [2.24, 2.45) is 0 Å². The smallest absolute Gasteiger partial charge is 0.305 e. The zero-order valence-electron chi connectivity index (χ0n) is 20.7. The largest absolute Gasteiger partial charge is 0.466 e. The molecule has 0 aliphatic rings. The summed E-state index contributed by atoms with van der Waals surface area (Å²) in [6, 6.07) is 0. The summed E-state index contributed by atoms with van der Waals surface area (Å²) in [4.78, 5) is 11.8. The van der Waals surface area contributed by atoms with E-state index in [0.717, 1.165) is 19.3 Å². The van der Waals surface area contributed by atoms with Gasteiger partial charge in [0.2, 0.25) is 0 Å². The van der Waals surface area contributed by atoms with Crippen molar-refractivity contribution >= 4 is 5.97 Å². The van der Waals surface area contributed by atoms with Crippen LogP contribution in [0.4, 0.5) is 0 Å². The Morgan fingerprint density at radius 1 is 0.533 bits per heavy atom. The molecule has 2 heteroatoms. The maximum Gasteiger partial charge on any atom is 0.305 e. The molecule has 2 nitrogen and oxygen atoms in total. The van der Waals surface area contributed by atoms with Gasteiger partial charge in [-0.3, -0.25) is 4.79 Å². The van der Waals surface area contributed by atoms with Crippen LogP contribution in [0.1, 0.15) is 161 Å². The third kappa shape index (κ3) is 25.5. The zero-order valence-corrected chi connectivity index (χ0v) is 20.7. The maximum atomic E-state index is 11.8. The highest BCUT2D eigenvalue weighted by molar-refractivity contribution is 5.69. The van der Waals surface area contributed by atoms with Gasteiger partial charge in [-0.15, -0.1) is 0 Å². The van der Waals surface area contributed by atoms with Gasteiger partial charge in [-0.05, 0) is 12.8 Å². The van der Waals surface area contributed by atoms with Crippen LogP contribution < -0.4 is 0 Å². The number of carbonyl (C=O) groups excluding carboxylic acids is 1. The van der Waals surface area contributed by atoms with Gasteiger partial charge in [0.1, 0.15) is 0 Å². The topological polar surface area (TPSA) is 26.3 Å². The zero-order chi connectivity index (χ0) is 22.0. The van der Waals surface area contributed by atoms with Crippen LogP contribution >= 0.6 is 0 Å². The molecule has 30 heavy (non-hydrogen) atoms. The van der Waals surface area contributed by atoms with Crippen molar-refractivity contribution in [3.63, 3.8) is 0 Å². The first-order valence-electron chi connectivity index (χ1n) is 13.8. The van der Waals surface area contributed by atoms with Crippen LogP contribution in [0, 0.1) is 6.92 Å². The van der Waals surface area contributed by atoms with Crippen molar-refractivity contribution in [1.82, 2.24) is 0 Å². The van der Waals surface area contributed by atoms with Crippen LogP contribution in [0.2, 0.25) is 0 Å². The molecule has 0 heterocycles. The maximum absolute atomic E-state index is 11.8. The van der Waals surface area contributed by atoms with Gasteiger partial charge < -0.3 is 4.74 Å².